The van der Waals surface area contributed by atoms with Crippen molar-refractivity contribution < 1.29 is 19.3 Å². The molecule has 0 unspecified atom stereocenters. The van der Waals surface area contributed by atoms with Crippen LogP contribution in [0.25, 0.3) is 0 Å². The molecule has 1 N–H and O–H groups in total. The van der Waals surface area contributed by atoms with E-state index in [0.717, 1.165) is 0 Å². The summed E-state index contributed by atoms with van der Waals surface area (Å²) in [7, 11) is 3.11. The zero-order valence-electron chi connectivity index (χ0n) is 10.8. The fourth-order valence-electron chi connectivity index (χ4n) is 1.68. The highest BCUT2D eigenvalue weighted by molar-refractivity contribution is 5.43. The number of aromatic nitrogens is 1. The predicted octanol–water partition coefficient (Wildman–Crippen LogP) is 2.38. The average molecular weight is 261 g/mol. The summed E-state index contributed by atoms with van der Waals surface area (Å²) in [5.74, 6) is 1.60. The maximum absolute atomic E-state index is 9.61. The Morgan fingerprint density at radius 3 is 2.53 bits per heavy atom. The highest BCUT2D eigenvalue weighted by atomic mass is 16.5. The number of rotatable bonds is 5. The summed E-state index contributed by atoms with van der Waals surface area (Å²) in [6.07, 6.45) is 1.62. The zero-order chi connectivity index (χ0) is 13.7. The lowest BCUT2D eigenvalue weighted by molar-refractivity contribution is 0.272. The highest BCUT2D eigenvalue weighted by Gasteiger charge is 2.12. The molecule has 0 aliphatic rings. The standard InChI is InChI=1S/C14H15NO4/c1-17-13-7-8-15-10(14(13)18-2)9-19-12-6-4-3-5-11(12)16/h3-8,16H,9H2,1-2H3. The average Bonchev–Trinajstić information content (AvgIpc) is 2.45. The molecule has 2 rings (SSSR count). The van der Waals surface area contributed by atoms with Gasteiger partial charge in [-0.15, -0.1) is 0 Å². The molecular weight excluding hydrogens is 246 g/mol. The summed E-state index contributed by atoms with van der Waals surface area (Å²) in [4.78, 5) is 4.19. The molecule has 1 aromatic heterocycles. The van der Waals surface area contributed by atoms with Crippen molar-refractivity contribution in [2.45, 2.75) is 6.61 Å². The second-order valence-corrected chi connectivity index (χ2v) is 3.75. The van der Waals surface area contributed by atoms with Crippen molar-refractivity contribution >= 4 is 0 Å². The third-order valence-electron chi connectivity index (χ3n) is 2.60. The minimum absolute atomic E-state index is 0.0874. The summed E-state index contributed by atoms with van der Waals surface area (Å²) in [5, 5.41) is 9.61. The lowest BCUT2D eigenvalue weighted by Crippen LogP contribution is -2.03. The minimum Gasteiger partial charge on any atom is -0.504 e. The number of aromatic hydroxyl groups is 1. The number of hydrogen-bond acceptors (Lipinski definition) is 5. The van der Waals surface area contributed by atoms with Crippen molar-refractivity contribution in [1.82, 2.24) is 4.98 Å². The van der Waals surface area contributed by atoms with E-state index in [9.17, 15) is 5.11 Å². The Bertz CT molecular complexity index is 557. The van der Waals surface area contributed by atoms with Gasteiger partial charge < -0.3 is 19.3 Å². The van der Waals surface area contributed by atoms with Crippen LogP contribution >= 0.6 is 0 Å². The molecule has 0 amide bonds. The van der Waals surface area contributed by atoms with E-state index in [0.29, 0.717) is 22.9 Å². The third-order valence-corrected chi connectivity index (χ3v) is 2.60. The molecule has 0 fully saturated rings. The van der Waals surface area contributed by atoms with Crippen LogP contribution in [0.4, 0.5) is 0 Å². The van der Waals surface area contributed by atoms with Crippen LogP contribution in [0.5, 0.6) is 23.0 Å². The maximum atomic E-state index is 9.61. The van der Waals surface area contributed by atoms with Crippen molar-refractivity contribution in [3.63, 3.8) is 0 Å². The molecule has 5 heteroatoms. The molecule has 100 valence electrons. The summed E-state index contributed by atoms with van der Waals surface area (Å²) >= 11 is 0. The topological polar surface area (TPSA) is 60.8 Å². The Hall–Kier alpha value is -2.43. The van der Waals surface area contributed by atoms with Crippen molar-refractivity contribution in [3.05, 3.63) is 42.2 Å². The first-order chi connectivity index (χ1) is 9.26. The Balaban J connectivity index is 2.18. The van der Waals surface area contributed by atoms with Gasteiger partial charge in [0.1, 0.15) is 12.3 Å². The first kappa shape index (κ1) is 13.0. The molecule has 2 aromatic rings. The van der Waals surface area contributed by atoms with Crippen LogP contribution in [0.1, 0.15) is 5.69 Å². The van der Waals surface area contributed by atoms with Gasteiger partial charge in [-0.25, -0.2) is 0 Å². The quantitative estimate of drug-likeness (QED) is 0.895. The fraction of sp³-hybridized carbons (Fsp3) is 0.214. The summed E-state index contributed by atoms with van der Waals surface area (Å²) in [6.45, 7) is 0.179. The maximum Gasteiger partial charge on any atom is 0.185 e. The monoisotopic (exact) mass is 261 g/mol. The van der Waals surface area contributed by atoms with Gasteiger partial charge in [0.05, 0.1) is 14.2 Å². The molecule has 0 spiro atoms. The first-order valence-corrected chi connectivity index (χ1v) is 5.73. The SMILES string of the molecule is COc1ccnc(COc2ccccc2O)c1OC. The summed E-state index contributed by atoms with van der Waals surface area (Å²) in [6, 6.07) is 8.47. The molecule has 0 saturated carbocycles. The molecule has 0 bridgehead atoms. The van der Waals surface area contributed by atoms with Gasteiger partial charge in [0.25, 0.3) is 0 Å². The fourth-order valence-corrected chi connectivity index (χ4v) is 1.68. The number of ether oxygens (including phenoxy) is 3. The molecule has 0 aliphatic carbocycles. The molecule has 5 nitrogen and oxygen atoms in total. The van der Waals surface area contributed by atoms with E-state index in [1.54, 1.807) is 50.7 Å². The van der Waals surface area contributed by atoms with Gasteiger partial charge in [-0.05, 0) is 12.1 Å². The van der Waals surface area contributed by atoms with E-state index in [1.165, 1.54) is 0 Å². The van der Waals surface area contributed by atoms with Crippen molar-refractivity contribution in [2.75, 3.05) is 14.2 Å². The van der Waals surface area contributed by atoms with Crippen LogP contribution in [-0.4, -0.2) is 24.3 Å². The summed E-state index contributed by atoms with van der Waals surface area (Å²) in [5.41, 5.74) is 0.602. The molecule has 0 aliphatic heterocycles. The van der Waals surface area contributed by atoms with Crippen LogP contribution in [0, 0.1) is 0 Å². The number of methoxy groups -OCH3 is 2. The van der Waals surface area contributed by atoms with E-state index in [1.807, 2.05) is 0 Å². The second-order valence-electron chi connectivity index (χ2n) is 3.75. The van der Waals surface area contributed by atoms with Crippen molar-refractivity contribution in [1.29, 1.82) is 0 Å². The third kappa shape index (κ3) is 2.88. The number of hydrogen-bond donors (Lipinski definition) is 1. The van der Waals surface area contributed by atoms with Gasteiger partial charge in [0, 0.05) is 12.3 Å². The Kier molecular flexibility index (Phi) is 4.07. The van der Waals surface area contributed by atoms with Crippen LogP contribution in [0.2, 0.25) is 0 Å². The van der Waals surface area contributed by atoms with E-state index in [-0.39, 0.29) is 12.4 Å². The lowest BCUT2D eigenvalue weighted by atomic mass is 10.3. The Morgan fingerprint density at radius 1 is 1.05 bits per heavy atom. The number of nitrogens with zero attached hydrogens (tertiary/aromatic N) is 1. The van der Waals surface area contributed by atoms with Crippen LogP contribution in [0.3, 0.4) is 0 Å². The van der Waals surface area contributed by atoms with E-state index >= 15 is 0 Å². The number of benzene rings is 1. The smallest absolute Gasteiger partial charge is 0.185 e. The predicted molar refractivity (Wildman–Crippen MR) is 69.8 cm³/mol. The Labute approximate surface area is 111 Å². The van der Waals surface area contributed by atoms with Gasteiger partial charge >= 0.3 is 0 Å². The number of pyridine rings is 1. The Morgan fingerprint density at radius 2 is 1.84 bits per heavy atom. The number of phenolic OH excluding ortho intramolecular Hbond substituents is 1. The van der Waals surface area contributed by atoms with E-state index < -0.39 is 0 Å². The van der Waals surface area contributed by atoms with Gasteiger partial charge in [-0.1, -0.05) is 12.1 Å². The molecule has 0 radical (unpaired) electrons. The normalized spacial score (nSPS) is 10.0. The van der Waals surface area contributed by atoms with E-state index in [2.05, 4.69) is 4.98 Å². The molecular formula is C14H15NO4. The molecule has 1 heterocycles. The highest BCUT2D eigenvalue weighted by Crippen LogP contribution is 2.31. The molecule has 0 atom stereocenters. The van der Waals surface area contributed by atoms with Gasteiger partial charge in [0.15, 0.2) is 23.0 Å². The van der Waals surface area contributed by atoms with Crippen molar-refractivity contribution in [2.24, 2.45) is 0 Å². The van der Waals surface area contributed by atoms with Crippen LogP contribution < -0.4 is 14.2 Å². The largest absolute Gasteiger partial charge is 0.504 e. The van der Waals surface area contributed by atoms with Crippen molar-refractivity contribution in [3.8, 4) is 23.0 Å². The van der Waals surface area contributed by atoms with Gasteiger partial charge in [-0.3, -0.25) is 4.98 Å². The molecule has 0 saturated heterocycles. The minimum atomic E-state index is 0.0874. The second kappa shape index (κ2) is 5.95. The summed E-state index contributed by atoms with van der Waals surface area (Å²) < 4.78 is 16.0. The number of phenols is 1. The van der Waals surface area contributed by atoms with Gasteiger partial charge in [0.2, 0.25) is 0 Å². The van der Waals surface area contributed by atoms with Crippen LogP contribution in [-0.2, 0) is 6.61 Å². The molecule has 1 aromatic carbocycles. The van der Waals surface area contributed by atoms with Crippen LogP contribution in [0.15, 0.2) is 36.5 Å². The zero-order valence-corrected chi connectivity index (χ0v) is 10.8. The van der Waals surface area contributed by atoms with Gasteiger partial charge in [-0.2, -0.15) is 0 Å². The van der Waals surface area contributed by atoms with E-state index in [4.69, 9.17) is 14.2 Å². The first-order valence-electron chi connectivity index (χ1n) is 5.73. The number of para-hydroxylation sites is 2. The molecule has 19 heavy (non-hydrogen) atoms. The lowest BCUT2D eigenvalue weighted by Gasteiger charge is -2.12.